The molecule has 1 saturated heterocycles. The van der Waals surface area contributed by atoms with Crippen LogP contribution in [0.3, 0.4) is 0 Å². The third kappa shape index (κ3) is 4.85. The summed E-state index contributed by atoms with van der Waals surface area (Å²) in [5, 5.41) is 16.6. The Balaban J connectivity index is 1.37. The molecule has 10 nitrogen and oxygen atoms in total. The number of aryl methyl sites for hydroxylation is 1. The lowest BCUT2D eigenvalue weighted by molar-refractivity contribution is -0.128. The third-order valence-electron chi connectivity index (χ3n) is 7.67. The van der Waals surface area contributed by atoms with Gasteiger partial charge in [-0.05, 0) is 52.4 Å². The van der Waals surface area contributed by atoms with Crippen molar-refractivity contribution < 1.29 is 18.7 Å². The van der Waals surface area contributed by atoms with Crippen molar-refractivity contribution in [2.45, 2.75) is 77.0 Å². The first-order valence-corrected chi connectivity index (χ1v) is 14.6. The molecule has 35 heavy (non-hydrogen) atoms. The van der Waals surface area contributed by atoms with E-state index >= 15 is 0 Å². The van der Waals surface area contributed by atoms with E-state index in [-0.39, 0.29) is 23.5 Å². The maximum atomic E-state index is 12.3. The lowest BCUT2D eigenvalue weighted by Gasteiger charge is -2.39. The maximum absolute atomic E-state index is 12.3. The Morgan fingerprint density at radius 3 is 2.63 bits per heavy atom. The first-order chi connectivity index (χ1) is 16.8. The highest BCUT2D eigenvalue weighted by Crippen LogP contribution is 2.46. The number of carbonyl (C=O) groups is 1. The van der Waals surface area contributed by atoms with Gasteiger partial charge < -0.3 is 15.5 Å². The van der Waals surface area contributed by atoms with Crippen LogP contribution in [0.1, 0.15) is 64.4 Å². The molecular formula is C24H36N6O4S. The van der Waals surface area contributed by atoms with Gasteiger partial charge in [0.25, 0.3) is 0 Å². The van der Waals surface area contributed by atoms with Gasteiger partial charge in [-0.15, -0.1) is 0 Å². The average Bonchev–Trinajstić information content (AvgIpc) is 3.45. The maximum Gasteiger partial charge on any atom is 0.223 e. The molecule has 2 fully saturated rings. The number of amides is 1. The number of nitrogens with zero attached hydrogens (tertiary/aromatic N) is 4. The van der Waals surface area contributed by atoms with Crippen molar-refractivity contribution in [2.75, 3.05) is 23.4 Å². The van der Waals surface area contributed by atoms with Crippen LogP contribution in [0.2, 0.25) is 0 Å². The predicted molar refractivity (Wildman–Crippen MR) is 138 cm³/mol. The molecule has 0 radical (unpaired) electrons. The van der Waals surface area contributed by atoms with E-state index < -0.39 is 10.6 Å². The molecule has 1 amide bonds. The van der Waals surface area contributed by atoms with Gasteiger partial charge >= 0.3 is 0 Å². The van der Waals surface area contributed by atoms with Crippen molar-refractivity contribution in [3.8, 4) is 0 Å². The molecule has 2 aliphatic heterocycles. The monoisotopic (exact) mass is 504 g/mol. The van der Waals surface area contributed by atoms with Gasteiger partial charge in [0.1, 0.15) is 5.60 Å². The van der Waals surface area contributed by atoms with Gasteiger partial charge in [-0.1, -0.05) is 5.16 Å². The zero-order chi connectivity index (χ0) is 24.6. The smallest absolute Gasteiger partial charge is 0.223 e. The lowest BCUT2D eigenvalue weighted by Crippen LogP contribution is -2.40. The summed E-state index contributed by atoms with van der Waals surface area (Å²) in [6.07, 6.45) is 8.98. The fourth-order valence-electron chi connectivity index (χ4n) is 5.55. The van der Waals surface area contributed by atoms with E-state index in [1.807, 2.05) is 30.9 Å². The quantitative estimate of drug-likeness (QED) is 0.468. The summed E-state index contributed by atoms with van der Waals surface area (Å²) in [7, 11) is -2.45. The molecule has 1 spiro atoms. The highest BCUT2D eigenvalue weighted by Gasteiger charge is 2.44. The zero-order valence-corrected chi connectivity index (χ0v) is 21.3. The zero-order valence-electron chi connectivity index (χ0n) is 20.5. The number of pyridine rings is 1. The average molecular weight is 505 g/mol. The van der Waals surface area contributed by atoms with E-state index in [9.17, 15) is 13.9 Å². The Morgan fingerprint density at radius 1 is 1.20 bits per heavy atom. The summed E-state index contributed by atoms with van der Waals surface area (Å²) < 4.78 is 22.0. The molecule has 1 saturated carbocycles. The minimum absolute atomic E-state index is 0.0435. The number of nitrogens with one attached hydrogen (secondary N) is 2. The molecule has 1 aliphatic carbocycles. The molecular weight excluding hydrogens is 468 g/mol. The number of oxime groups is 1. The van der Waals surface area contributed by atoms with Crippen molar-refractivity contribution in [1.82, 2.24) is 20.1 Å². The van der Waals surface area contributed by atoms with Gasteiger partial charge in [-0.2, -0.15) is 15.7 Å². The third-order valence-corrected chi connectivity index (χ3v) is 9.45. The number of rotatable bonds is 6. The number of carbonyl (C=O) groups excluding carboxylic acids is 1. The second-order valence-corrected chi connectivity index (χ2v) is 12.5. The van der Waals surface area contributed by atoms with E-state index in [0.29, 0.717) is 37.3 Å². The van der Waals surface area contributed by atoms with Gasteiger partial charge in [0.15, 0.2) is 5.65 Å². The molecule has 3 aliphatic rings. The molecule has 0 bridgehead atoms. The van der Waals surface area contributed by atoms with Crippen LogP contribution in [0.4, 0.5) is 5.69 Å². The fraction of sp³-hybridized carbons (Fsp3) is 0.667. The van der Waals surface area contributed by atoms with Crippen molar-refractivity contribution in [1.29, 1.82) is 0 Å². The highest BCUT2D eigenvalue weighted by molar-refractivity contribution is 8.24. The molecule has 11 heteroatoms. The number of hydrogen-bond donors (Lipinski definition) is 4. The van der Waals surface area contributed by atoms with Crippen molar-refractivity contribution in [2.24, 2.45) is 11.1 Å². The summed E-state index contributed by atoms with van der Waals surface area (Å²) >= 11 is 0. The largest absolute Gasteiger partial charge is 0.389 e. The summed E-state index contributed by atoms with van der Waals surface area (Å²) in [6, 6.07) is 0.133. The Labute approximate surface area is 207 Å². The molecule has 0 unspecified atom stereocenters. The van der Waals surface area contributed by atoms with Crippen molar-refractivity contribution >= 4 is 38.9 Å². The van der Waals surface area contributed by atoms with Gasteiger partial charge in [0.05, 0.1) is 23.0 Å². The van der Waals surface area contributed by atoms with Crippen LogP contribution < -0.4 is 10.6 Å². The Bertz CT molecular complexity index is 1110. The van der Waals surface area contributed by atoms with E-state index in [4.69, 9.17) is 9.82 Å². The van der Waals surface area contributed by atoms with Gasteiger partial charge in [0, 0.05) is 54.7 Å². The SMILES string of the molecule is CCNC(=O)C1CCC2(CC1)CC(c1cnc3c(cnn3CC)c1NC1CCS(O)(O)CC1)=NO2. The first kappa shape index (κ1) is 24.3. The topological polar surface area (TPSA) is 134 Å². The number of hydrogen-bond acceptors (Lipinski definition) is 8. The van der Waals surface area contributed by atoms with Crippen LogP contribution in [0.15, 0.2) is 17.5 Å². The van der Waals surface area contributed by atoms with Gasteiger partial charge in [-0.3, -0.25) is 13.9 Å². The number of fused-ring (bicyclic) bond motifs is 1. The van der Waals surface area contributed by atoms with E-state index in [2.05, 4.69) is 20.9 Å². The van der Waals surface area contributed by atoms with Crippen LogP contribution >= 0.6 is 10.6 Å². The van der Waals surface area contributed by atoms with Crippen LogP contribution in [-0.2, 0) is 16.2 Å². The highest BCUT2D eigenvalue weighted by atomic mass is 32.3. The van der Waals surface area contributed by atoms with E-state index in [1.165, 1.54) is 0 Å². The molecule has 4 N–H and O–H groups in total. The molecule has 0 atom stereocenters. The van der Waals surface area contributed by atoms with Gasteiger partial charge in [0.2, 0.25) is 5.91 Å². The standard InChI is InChI=1S/C24H36N6O4S/c1-3-25-23(31)16-5-9-24(10-6-16)13-20(29-34-24)18-14-26-22-19(15-27-30(22)4-2)21(18)28-17-7-11-35(32,33)12-8-17/h14-17,32-33H,3-13H2,1-2H3,(H,25,31)(H,26,28). The second kappa shape index (κ2) is 9.59. The minimum Gasteiger partial charge on any atom is -0.389 e. The van der Waals surface area contributed by atoms with E-state index in [1.54, 1.807) is 0 Å². The van der Waals surface area contributed by atoms with Gasteiger partial charge in [-0.25, -0.2) is 9.67 Å². The number of aromatic nitrogens is 3. The minimum atomic E-state index is -2.45. The van der Waals surface area contributed by atoms with Crippen LogP contribution in [0, 0.1) is 5.92 Å². The summed E-state index contributed by atoms with van der Waals surface area (Å²) in [6.45, 7) is 5.36. The van der Waals surface area contributed by atoms with Crippen LogP contribution in [0.5, 0.6) is 0 Å². The Hall–Kier alpha value is -2.37. The summed E-state index contributed by atoms with van der Waals surface area (Å²) in [5.74, 6) is 1.02. The molecule has 192 valence electrons. The molecule has 0 aromatic carbocycles. The van der Waals surface area contributed by atoms with Crippen molar-refractivity contribution in [3.05, 3.63) is 18.0 Å². The second-order valence-electron chi connectivity index (χ2n) is 10.0. The summed E-state index contributed by atoms with van der Waals surface area (Å²) in [4.78, 5) is 23.1. The summed E-state index contributed by atoms with van der Waals surface area (Å²) in [5.41, 5.74) is 3.17. The van der Waals surface area contributed by atoms with Crippen LogP contribution in [-0.4, -0.2) is 65.2 Å². The Morgan fingerprint density at radius 2 is 1.94 bits per heavy atom. The number of anilines is 1. The first-order valence-electron chi connectivity index (χ1n) is 12.7. The van der Waals surface area contributed by atoms with Crippen LogP contribution in [0.25, 0.3) is 11.0 Å². The van der Waals surface area contributed by atoms with E-state index in [0.717, 1.165) is 60.2 Å². The fourth-order valence-corrected chi connectivity index (χ4v) is 7.08. The normalized spacial score (nSPS) is 24.7. The van der Waals surface area contributed by atoms with Crippen molar-refractivity contribution in [3.63, 3.8) is 0 Å². The lowest BCUT2D eigenvalue weighted by atomic mass is 9.75. The molecule has 4 heterocycles. The molecule has 2 aromatic heterocycles. The molecule has 5 rings (SSSR count). The Kier molecular flexibility index (Phi) is 6.67. The molecule has 2 aromatic rings. The predicted octanol–water partition coefficient (Wildman–Crippen LogP) is 3.97.